The molecule has 2 nitrogen and oxygen atoms in total. The van der Waals surface area contributed by atoms with Crippen molar-refractivity contribution in [3.63, 3.8) is 0 Å². The lowest BCUT2D eigenvalue weighted by molar-refractivity contribution is 0.682. The summed E-state index contributed by atoms with van der Waals surface area (Å²) in [6.45, 7) is 3.45. The molecule has 3 rings (SSSR count). The van der Waals surface area contributed by atoms with Crippen LogP contribution < -0.4 is 10.2 Å². The molecule has 1 aromatic carbocycles. The molecular weight excluding hydrogens is 300 g/mol. The zero-order chi connectivity index (χ0) is 13.1. The average Bonchev–Trinajstić information content (AvgIpc) is 3.24. The first-order chi connectivity index (χ1) is 9.33. The Balaban J connectivity index is 1.77. The predicted molar refractivity (Wildman–Crippen MR) is 84.7 cm³/mol. The van der Waals surface area contributed by atoms with Crippen LogP contribution in [0.5, 0.6) is 0 Å². The van der Waals surface area contributed by atoms with E-state index in [0.29, 0.717) is 0 Å². The quantitative estimate of drug-likeness (QED) is 0.898. The van der Waals surface area contributed by atoms with Crippen molar-refractivity contribution in [2.45, 2.75) is 51.1 Å². The Morgan fingerprint density at radius 3 is 2.53 bits per heavy atom. The van der Waals surface area contributed by atoms with E-state index in [1.165, 1.54) is 67.3 Å². The number of rotatable bonds is 4. The van der Waals surface area contributed by atoms with Crippen molar-refractivity contribution in [2.24, 2.45) is 0 Å². The molecule has 0 unspecified atom stereocenters. The molecule has 2 aliphatic rings. The van der Waals surface area contributed by atoms with E-state index in [2.05, 4.69) is 44.3 Å². The molecule has 1 aliphatic heterocycles. The summed E-state index contributed by atoms with van der Waals surface area (Å²) in [6.07, 6.45) is 8.16. The molecule has 1 saturated carbocycles. The number of nitrogens with zero attached hydrogens (tertiary/aromatic N) is 1. The maximum atomic E-state index is 3.65. The van der Waals surface area contributed by atoms with Gasteiger partial charge in [-0.2, -0.15) is 0 Å². The molecule has 1 saturated heterocycles. The zero-order valence-electron chi connectivity index (χ0n) is 11.5. The Labute approximate surface area is 124 Å². The number of benzene rings is 1. The van der Waals surface area contributed by atoms with Crippen molar-refractivity contribution in [1.29, 1.82) is 0 Å². The standard InChI is InChI=1S/C16H23BrN2/c17-14-6-5-13(12-18-15-7-8-15)16(11-14)19-9-3-1-2-4-10-19/h5-6,11,15,18H,1-4,7-10,12H2. The summed E-state index contributed by atoms with van der Waals surface area (Å²) in [4.78, 5) is 2.58. The van der Waals surface area contributed by atoms with Crippen molar-refractivity contribution in [1.82, 2.24) is 5.32 Å². The summed E-state index contributed by atoms with van der Waals surface area (Å²) in [5.74, 6) is 0. The van der Waals surface area contributed by atoms with Gasteiger partial charge in [0, 0.05) is 35.8 Å². The number of hydrogen-bond acceptors (Lipinski definition) is 2. The second-order valence-electron chi connectivity index (χ2n) is 5.83. The van der Waals surface area contributed by atoms with Gasteiger partial charge in [-0.05, 0) is 43.4 Å². The minimum Gasteiger partial charge on any atom is -0.371 e. The first kappa shape index (κ1) is 13.4. The molecule has 1 N–H and O–H groups in total. The van der Waals surface area contributed by atoms with E-state index in [1.54, 1.807) is 0 Å². The molecule has 104 valence electrons. The SMILES string of the molecule is Brc1ccc(CNC2CC2)c(N2CCCCCC2)c1. The van der Waals surface area contributed by atoms with Crippen LogP contribution in [-0.2, 0) is 6.54 Å². The van der Waals surface area contributed by atoms with Crippen molar-refractivity contribution < 1.29 is 0 Å². The van der Waals surface area contributed by atoms with Crippen molar-refractivity contribution in [3.8, 4) is 0 Å². The molecule has 1 aromatic rings. The molecule has 0 atom stereocenters. The Morgan fingerprint density at radius 2 is 1.84 bits per heavy atom. The lowest BCUT2D eigenvalue weighted by Gasteiger charge is -2.26. The minimum absolute atomic E-state index is 0.778. The van der Waals surface area contributed by atoms with Gasteiger partial charge in [0.15, 0.2) is 0 Å². The topological polar surface area (TPSA) is 15.3 Å². The maximum Gasteiger partial charge on any atom is 0.0423 e. The highest BCUT2D eigenvalue weighted by Crippen LogP contribution is 2.28. The van der Waals surface area contributed by atoms with Gasteiger partial charge in [0.25, 0.3) is 0 Å². The summed E-state index contributed by atoms with van der Waals surface area (Å²) in [5.41, 5.74) is 2.89. The van der Waals surface area contributed by atoms with Gasteiger partial charge in [0.1, 0.15) is 0 Å². The van der Waals surface area contributed by atoms with E-state index < -0.39 is 0 Å². The van der Waals surface area contributed by atoms with E-state index in [1.807, 2.05) is 0 Å². The molecule has 1 heterocycles. The fraction of sp³-hybridized carbons (Fsp3) is 0.625. The molecule has 0 radical (unpaired) electrons. The highest BCUT2D eigenvalue weighted by Gasteiger charge is 2.21. The minimum atomic E-state index is 0.778. The van der Waals surface area contributed by atoms with Gasteiger partial charge in [-0.1, -0.05) is 34.8 Å². The summed E-state index contributed by atoms with van der Waals surface area (Å²) in [5, 5.41) is 3.65. The third-order valence-electron chi connectivity index (χ3n) is 4.15. The monoisotopic (exact) mass is 322 g/mol. The third-order valence-corrected chi connectivity index (χ3v) is 4.65. The molecule has 2 fully saturated rings. The van der Waals surface area contributed by atoms with Crippen LogP contribution in [0.4, 0.5) is 5.69 Å². The van der Waals surface area contributed by atoms with Gasteiger partial charge in [-0.3, -0.25) is 0 Å². The van der Waals surface area contributed by atoms with Gasteiger partial charge < -0.3 is 10.2 Å². The van der Waals surface area contributed by atoms with Crippen LogP contribution in [0.25, 0.3) is 0 Å². The van der Waals surface area contributed by atoms with Crippen LogP contribution in [-0.4, -0.2) is 19.1 Å². The third kappa shape index (κ3) is 3.73. The fourth-order valence-corrected chi connectivity index (χ4v) is 3.18. The largest absolute Gasteiger partial charge is 0.371 e. The summed E-state index contributed by atoms with van der Waals surface area (Å²) in [7, 11) is 0. The van der Waals surface area contributed by atoms with E-state index in [4.69, 9.17) is 0 Å². The highest BCUT2D eigenvalue weighted by atomic mass is 79.9. The number of nitrogens with one attached hydrogen (secondary N) is 1. The zero-order valence-corrected chi connectivity index (χ0v) is 13.1. The molecule has 0 spiro atoms. The highest BCUT2D eigenvalue weighted by molar-refractivity contribution is 9.10. The van der Waals surface area contributed by atoms with Crippen molar-refractivity contribution >= 4 is 21.6 Å². The van der Waals surface area contributed by atoms with Crippen LogP contribution in [0.2, 0.25) is 0 Å². The normalized spacial score (nSPS) is 20.4. The van der Waals surface area contributed by atoms with Crippen LogP contribution in [0.15, 0.2) is 22.7 Å². The Morgan fingerprint density at radius 1 is 1.11 bits per heavy atom. The first-order valence-electron chi connectivity index (χ1n) is 7.60. The van der Waals surface area contributed by atoms with E-state index >= 15 is 0 Å². The second kappa shape index (κ2) is 6.27. The fourth-order valence-electron chi connectivity index (χ4n) is 2.83. The average molecular weight is 323 g/mol. The van der Waals surface area contributed by atoms with Crippen LogP contribution in [0.3, 0.4) is 0 Å². The van der Waals surface area contributed by atoms with Crippen molar-refractivity contribution in [3.05, 3.63) is 28.2 Å². The van der Waals surface area contributed by atoms with Gasteiger partial charge in [-0.25, -0.2) is 0 Å². The Hall–Kier alpha value is -0.540. The van der Waals surface area contributed by atoms with Gasteiger partial charge in [0.2, 0.25) is 0 Å². The van der Waals surface area contributed by atoms with Gasteiger partial charge in [0.05, 0.1) is 0 Å². The maximum absolute atomic E-state index is 3.65. The number of halogens is 1. The molecule has 0 aromatic heterocycles. The Kier molecular flexibility index (Phi) is 4.44. The molecular formula is C16H23BrN2. The molecule has 0 amide bonds. The lowest BCUT2D eigenvalue weighted by atomic mass is 10.1. The van der Waals surface area contributed by atoms with E-state index in [9.17, 15) is 0 Å². The second-order valence-corrected chi connectivity index (χ2v) is 6.75. The van der Waals surface area contributed by atoms with Crippen molar-refractivity contribution in [2.75, 3.05) is 18.0 Å². The number of hydrogen-bond donors (Lipinski definition) is 1. The summed E-state index contributed by atoms with van der Waals surface area (Å²) < 4.78 is 1.20. The smallest absolute Gasteiger partial charge is 0.0423 e. The summed E-state index contributed by atoms with van der Waals surface area (Å²) >= 11 is 3.63. The summed E-state index contributed by atoms with van der Waals surface area (Å²) in [6, 6.07) is 7.53. The Bertz CT molecular complexity index is 421. The van der Waals surface area contributed by atoms with E-state index in [0.717, 1.165) is 12.6 Å². The van der Waals surface area contributed by atoms with E-state index in [-0.39, 0.29) is 0 Å². The van der Waals surface area contributed by atoms with Crippen LogP contribution >= 0.6 is 15.9 Å². The molecule has 0 bridgehead atoms. The molecule has 19 heavy (non-hydrogen) atoms. The molecule has 1 aliphatic carbocycles. The van der Waals surface area contributed by atoms with Gasteiger partial charge >= 0.3 is 0 Å². The lowest BCUT2D eigenvalue weighted by Crippen LogP contribution is -2.26. The van der Waals surface area contributed by atoms with Gasteiger partial charge in [-0.15, -0.1) is 0 Å². The predicted octanol–water partition coefficient (Wildman–Crippen LogP) is 4.08. The number of anilines is 1. The first-order valence-corrected chi connectivity index (χ1v) is 8.39. The van der Waals surface area contributed by atoms with Crippen LogP contribution in [0, 0.1) is 0 Å². The van der Waals surface area contributed by atoms with Crippen LogP contribution in [0.1, 0.15) is 44.1 Å². The molecule has 3 heteroatoms.